The molecule has 0 saturated heterocycles. The average molecular weight is 1100 g/mol. The molecule has 62 heavy (non-hydrogen) atoms. The monoisotopic (exact) mass is 1100 g/mol. The largest absolute Gasteiger partial charge is 0.481 e. The minimum Gasteiger partial charge on any atom is -0.481 e. The van der Waals surface area contributed by atoms with Crippen molar-refractivity contribution < 1.29 is 41.6 Å². The van der Waals surface area contributed by atoms with Crippen molar-refractivity contribution in [3.63, 3.8) is 0 Å². The lowest BCUT2D eigenvalue weighted by Gasteiger charge is -2.32. The molecule has 0 aliphatic rings. The van der Waals surface area contributed by atoms with Crippen LogP contribution in [0.5, 0.6) is 0 Å². The van der Waals surface area contributed by atoms with Crippen molar-refractivity contribution in [2.24, 2.45) is 29.6 Å². The van der Waals surface area contributed by atoms with Gasteiger partial charge in [-0.1, -0.05) is 120 Å². The first kappa shape index (κ1) is 65.2. The summed E-state index contributed by atoms with van der Waals surface area (Å²) in [5.74, 6) is 3.57. The van der Waals surface area contributed by atoms with E-state index in [0.29, 0.717) is 47.1 Å². The molecule has 0 aromatic heterocycles. The molecule has 0 fully saturated rings. The summed E-state index contributed by atoms with van der Waals surface area (Å²) in [6.45, 7) is 36.1. The Kier molecular flexibility index (Phi) is 34.7. The first-order valence-electron chi connectivity index (χ1n) is 22.4. The van der Waals surface area contributed by atoms with E-state index in [9.17, 15) is 9.90 Å². The Morgan fingerprint density at radius 1 is 0.468 bits per heavy atom. The number of carboxylic acids is 1. The third-order valence-corrected chi connectivity index (χ3v) is 31.8. The van der Waals surface area contributed by atoms with Crippen molar-refractivity contribution in [1.29, 1.82) is 0 Å². The molecule has 372 valence electrons. The minimum atomic E-state index is -2.82. The highest BCUT2D eigenvalue weighted by Gasteiger charge is 2.33. The Balaban J connectivity index is 6.35. The third kappa shape index (κ3) is 33.7. The van der Waals surface area contributed by atoms with Gasteiger partial charge in [0.05, 0.1) is 49.1 Å². The smallest absolute Gasteiger partial charge is 0.304 e. The van der Waals surface area contributed by atoms with Crippen LogP contribution in [0.4, 0.5) is 0 Å². The molecule has 0 aliphatic heterocycles. The summed E-state index contributed by atoms with van der Waals surface area (Å²) in [5.41, 5.74) is -10.7. The van der Waals surface area contributed by atoms with Crippen LogP contribution in [0.1, 0.15) is 156 Å². The van der Waals surface area contributed by atoms with E-state index in [1.54, 1.807) is 34.1 Å². The predicted octanol–water partition coefficient (Wildman–Crippen LogP) is 16.4. The van der Waals surface area contributed by atoms with Crippen molar-refractivity contribution in [3.8, 4) is 0 Å². The van der Waals surface area contributed by atoms with E-state index in [2.05, 4.69) is 96.9 Å². The Hall–Kier alpha value is 3.19. The quantitative estimate of drug-likeness (QED) is 0.0593. The lowest BCUT2D eigenvalue weighted by molar-refractivity contribution is -0.136. The summed E-state index contributed by atoms with van der Waals surface area (Å²) >= 11 is 31.1. The molecule has 9 nitrogen and oxygen atoms in total. The van der Waals surface area contributed by atoms with Crippen LogP contribution in [0.25, 0.3) is 0 Å². The standard InChI is InChI=1S/C41H86O9P4S8/c1-29(2)22-35(12)46-53(57,47-36(13)23-30(3)4)61-26-34(11)18-20-51(55,60-27-40(17)50-52(56,44-33(9)10)59-21-19-41(42)43)45-39(16)28-62-54(58,48-37(14)24-31(5)6)49-38(15)25-32(7)8/h29-40H,18-28H2,1-17H3,(H,42,43). The third-order valence-electron chi connectivity index (χ3n) is 8.39. The fourth-order valence-corrected chi connectivity index (χ4v) is 29.5. The molecule has 21 heteroatoms. The lowest BCUT2D eigenvalue weighted by Crippen LogP contribution is -2.17. The van der Waals surface area contributed by atoms with Gasteiger partial charge in [0, 0.05) is 29.2 Å². The van der Waals surface area contributed by atoms with Gasteiger partial charge >= 0.3 is 5.97 Å². The number of carboxylic acid groups (broad SMARTS) is 1. The molecule has 0 amide bonds. The molecule has 0 aliphatic carbocycles. The molecule has 0 radical (unpaired) electrons. The predicted molar refractivity (Wildman–Crippen MR) is 295 cm³/mol. The molecule has 0 aromatic carbocycles. The van der Waals surface area contributed by atoms with Crippen molar-refractivity contribution in [3.05, 3.63) is 0 Å². The molecule has 0 spiro atoms. The second kappa shape index (κ2) is 33.0. The van der Waals surface area contributed by atoms with Gasteiger partial charge in [0.2, 0.25) is 17.1 Å². The molecule has 0 aromatic rings. The highest BCUT2D eigenvalue weighted by Crippen LogP contribution is 2.68. The molecule has 0 heterocycles. The van der Waals surface area contributed by atoms with Crippen molar-refractivity contribution >= 4 is 121 Å². The number of aliphatic carboxylic acids is 1. The normalized spacial score (nSPS) is 20.0. The number of hydrogen-bond acceptors (Lipinski definition) is 16. The highest BCUT2D eigenvalue weighted by molar-refractivity contribution is 8.70. The van der Waals surface area contributed by atoms with Crippen LogP contribution in [0.15, 0.2) is 0 Å². The Morgan fingerprint density at radius 2 is 0.806 bits per heavy atom. The first-order valence-corrected chi connectivity index (χ1v) is 39.5. The van der Waals surface area contributed by atoms with E-state index in [-0.39, 0.29) is 55.1 Å². The second-order valence-electron chi connectivity index (χ2n) is 18.6. The fourth-order valence-electron chi connectivity index (χ4n) is 6.27. The van der Waals surface area contributed by atoms with Crippen LogP contribution in [0, 0.1) is 29.6 Å². The molecular weight excluding hydrogens is 1020 g/mol. The van der Waals surface area contributed by atoms with Gasteiger partial charge < -0.3 is 36.8 Å². The molecular formula is C41H86O9P4S8. The van der Waals surface area contributed by atoms with Crippen LogP contribution in [0.2, 0.25) is 0 Å². The SMILES string of the molecule is CC(C)CC(C)OP(=S)(OC(C)CC(C)C)SCC(C)CCP(=S)(OC(C)CSP(=S)(OC(C)CC(C)C)OC(C)CC(C)C)SCC(C)OP(=S)(OC(C)C)SCCC(=O)O. The minimum absolute atomic E-state index is 0.0104. The Labute approximate surface area is 417 Å². The van der Waals surface area contributed by atoms with Crippen LogP contribution in [-0.2, 0) is 83.7 Å². The maximum Gasteiger partial charge on any atom is 0.304 e. The number of rotatable bonds is 38. The van der Waals surface area contributed by atoms with Gasteiger partial charge in [-0.2, -0.15) is 0 Å². The lowest BCUT2D eigenvalue weighted by atomic mass is 10.1. The summed E-state index contributed by atoms with van der Waals surface area (Å²) in [5, 5.41) is 9.25. The van der Waals surface area contributed by atoms with E-state index in [1.165, 1.54) is 11.4 Å². The van der Waals surface area contributed by atoms with Gasteiger partial charge in [0.25, 0.3) is 0 Å². The van der Waals surface area contributed by atoms with E-state index in [0.717, 1.165) is 37.9 Å². The molecule has 1 N–H and O–H groups in total. The topological polar surface area (TPSA) is 102 Å². The molecule has 0 saturated carbocycles. The van der Waals surface area contributed by atoms with Gasteiger partial charge in [-0.05, 0) is 153 Å². The van der Waals surface area contributed by atoms with Gasteiger partial charge in [-0.15, -0.1) is 0 Å². The zero-order valence-corrected chi connectivity index (χ0v) is 51.1. The number of hydrogen-bond donors (Lipinski definition) is 1. The van der Waals surface area contributed by atoms with E-state index in [4.69, 9.17) is 78.9 Å². The van der Waals surface area contributed by atoms with E-state index >= 15 is 0 Å². The van der Waals surface area contributed by atoms with Crippen LogP contribution in [-0.4, -0.2) is 83.0 Å². The van der Waals surface area contributed by atoms with Crippen molar-refractivity contribution in [2.45, 2.75) is 199 Å². The summed E-state index contributed by atoms with van der Waals surface area (Å²) in [4.78, 5) is 11.3. The summed E-state index contributed by atoms with van der Waals surface area (Å²) < 4.78 is 45.9. The summed E-state index contributed by atoms with van der Waals surface area (Å²) in [7, 11) is 0. The molecule has 9 atom stereocenters. The Morgan fingerprint density at radius 3 is 1.18 bits per heavy atom. The molecule has 9 unspecified atom stereocenters. The zero-order valence-electron chi connectivity index (χ0n) is 41.0. The van der Waals surface area contributed by atoms with Gasteiger partial charge in [-0.3, -0.25) is 4.79 Å². The maximum absolute atomic E-state index is 11.3. The summed E-state index contributed by atoms with van der Waals surface area (Å²) in [6, 6.07) is 0. The molecule has 0 bridgehead atoms. The van der Waals surface area contributed by atoms with E-state index < -0.39 is 28.5 Å². The summed E-state index contributed by atoms with van der Waals surface area (Å²) in [6.07, 6.45) is 4.46. The Bertz CT molecular complexity index is 1400. The van der Waals surface area contributed by atoms with Gasteiger partial charge in [0.15, 0.2) is 0 Å². The van der Waals surface area contributed by atoms with Crippen LogP contribution < -0.4 is 0 Å². The van der Waals surface area contributed by atoms with Gasteiger partial charge in [0.1, 0.15) is 5.47 Å². The van der Waals surface area contributed by atoms with Crippen molar-refractivity contribution in [2.75, 3.05) is 29.2 Å². The second-order valence-corrected chi connectivity index (χ2v) is 44.9. The van der Waals surface area contributed by atoms with Crippen molar-refractivity contribution in [1.82, 2.24) is 0 Å². The van der Waals surface area contributed by atoms with Crippen LogP contribution in [0.3, 0.4) is 0 Å². The van der Waals surface area contributed by atoms with E-state index in [1.807, 2.05) is 20.8 Å². The highest BCUT2D eigenvalue weighted by atomic mass is 32.9. The average Bonchev–Trinajstić information content (AvgIpc) is 3.05. The zero-order chi connectivity index (χ0) is 48.1. The number of carbonyl (C=O) groups is 1. The maximum atomic E-state index is 11.3. The molecule has 0 rings (SSSR count). The fraction of sp³-hybridized carbons (Fsp3) is 0.976. The van der Waals surface area contributed by atoms with Gasteiger partial charge in [-0.25, -0.2) is 0 Å². The first-order chi connectivity index (χ1) is 28.4. The van der Waals surface area contributed by atoms with Crippen LogP contribution >= 0.6 is 68.1 Å².